The van der Waals surface area contributed by atoms with Crippen molar-refractivity contribution in [2.24, 2.45) is 0 Å². The van der Waals surface area contributed by atoms with Crippen LogP contribution in [-0.4, -0.2) is 26.7 Å². The van der Waals surface area contributed by atoms with E-state index in [1.807, 2.05) is 0 Å². The van der Waals surface area contributed by atoms with Crippen LogP contribution in [-0.2, 0) is 12.7 Å². The van der Waals surface area contributed by atoms with Crippen LogP contribution in [0.4, 0.5) is 18.0 Å². The summed E-state index contributed by atoms with van der Waals surface area (Å²) in [6.07, 6.45) is 2.21. The highest BCUT2D eigenvalue weighted by Crippen LogP contribution is 2.29. The summed E-state index contributed by atoms with van der Waals surface area (Å²) >= 11 is 0. The number of hydrogen-bond donors (Lipinski definition) is 2. The summed E-state index contributed by atoms with van der Waals surface area (Å²) in [5.74, 6) is 0.373. The second-order valence-electron chi connectivity index (χ2n) is 5.92. The first-order valence-corrected chi connectivity index (χ1v) is 7.89. The van der Waals surface area contributed by atoms with Crippen molar-refractivity contribution in [1.82, 2.24) is 25.2 Å². The lowest BCUT2D eigenvalue weighted by Gasteiger charge is -2.22. The van der Waals surface area contributed by atoms with Gasteiger partial charge in [0.1, 0.15) is 0 Å². The molecular formula is C15H18F3N5O. The fourth-order valence-corrected chi connectivity index (χ4v) is 2.88. The number of alkyl halides is 3. The molecule has 2 aromatic rings. The Morgan fingerprint density at radius 2 is 2.00 bits per heavy atom. The van der Waals surface area contributed by atoms with E-state index < -0.39 is 11.7 Å². The molecule has 1 fully saturated rings. The minimum absolute atomic E-state index is 0.0884. The first kappa shape index (κ1) is 16.5. The zero-order valence-corrected chi connectivity index (χ0v) is 12.9. The van der Waals surface area contributed by atoms with Gasteiger partial charge in [0.05, 0.1) is 12.1 Å². The highest BCUT2D eigenvalue weighted by molar-refractivity contribution is 5.74. The van der Waals surface area contributed by atoms with Crippen LogP contribution in [0.3, 0.4) is 0 Å². The maximum atomic E-state index is 12.7. The number of nitrogens with zero attached hydrogens (tertiary/aromatic N) is 3. The van der Waals surface area contributed by atoms with E-state index in [1.165, 1.54) is 17.0 Å². The molecule has 0 atom stereocenters. The fourth-order valence-electron chi connectivity index (χ4n) is 2.88. The SMILES string of the molecule is O=C(NCc1nnc2cc(C(F)(F)F)ccn12)NC1CCCCC1. The second kappa shape index (κ2) is 6.66. The number of nitrogens with one attached hydrogen (secondary N) is 2. The fraction of sp³-hybridized carbons (Fsp3) is 0.533. The van der Waals surface area contributed by atoms with Gasteiger partial charge in [-0.1, -0.05) is 19.3 Å². The van der Waals surface area contributed by atoms with Gasteiger partial charge in [-0.25, -0.2) is 4.79 Å². The Labute approximate surface area is 136 Å². The zero-order valence-electron chi connectivity index (χ0n) is 12.9. The lowest BCUT2D eigenvalue weighted by atomic mass is 9.96. The third-order valence-electron chi connectivity index (χ3n) is 4.16. The van der Waals surface area contributed by atoms with Gasteiger partial charge in [0.15, 0.2) is 11.5 Å². The number of rotatable bonds is 3. The van der Waals surface area contributed by atoms with Crippen molar-refractivity contribution < 1.29 is 18.0 Å². The first-order valence-electron chi connectivity index (χ1n) is 7.89. The van der Waals surface area contributed by atoms with Crippen LogP contribution in [0.2, 0.25) is 0 Å². The van der Waals surface area contributed by atoms with E-state index in [-0.39, 0.29) is 24.3 Å². The topological polar surface area (TPSA) is 71.3 Å². The van der Waals surface area contributed by atoms with Gasteiger partial charge in [0.25, 0.3) is 0 Å². The normalized spacial score (nSPS) is 16.3. The molecule has 1 aliphatic rings. The van der Waals surface area contributed by atoms with Crippen LogP contribution in [0.5, 0.6) is 0 Å². The van der Waals surface area contributed by atoms with E-state index in [1.54, 1.807) is 0 Å². The van der Waals surface area contributed by atoms with Gasteiger partial charge >= 0.3 is 12.2 Å². The van der Waals surface area contributed by atoms with Crippen LogP contribution in [0.15, 0.2) is 18.3 Å². The molecule has 2 amide bonds. The van der Waals surface area contributed by atoms with Gasteiger partial charge in [-0.15, -0.1) is 10.2 Å². The van der Waals surface area contributed by atoms with E-state index >= 15 is 0 Å². The number of amides is 2. The number of carbonyl (C=O) groups excluding carboxylic acids is 1. The van der Waals surface area contributed by atoms with Crippen molar-refractivity contribution in [2.75, 3.05) is 0 Å². The monoisotopic (exact) mass is 341 g/mol. The van der Waals surface area contributed by atoms with Gasteiger partial charge in [-0.2, -0.15) is 13.2 Å². The summed E-state index contributed by atoms with van der Waals surface area (Å²) < 4.78 is 39.5. The number of urea groups is 1. The van der Waals surface area contributed by atoms with Crippen molar-refractivity contribution in [1.29, 1.82) is 0 Å². The Morgan fingerprint density at radius 3 is 2.71 bits per heavy atom. The minimum atomic E-state index is -4.42. The van der Waals surface area contributed by atoms with Crippen molar-refractivity contribution in [3.05, 3.63) is 29.7 Å². The van der Waals surface area contributed by atoms with E-state index in [4.69, 9.17) is 0 Å². The predicted molar refractivity (Wildman–Crippen MR) is 80.2 cm³/mol. The van der Waals surface area contributed by atoms with Crippen molar-refractivity contribution >= 4 is 11.7 Å². The van der Waals surface area contributed by atoms with E-state index in [9.17, 15) is 18.0 Å². The second-order valence-corrected chi connectivity index (χ2v) is 5.92. The number of halogens is 3. The number of pyridine rings is 1. The van der Waals surface area contributed by atoms with Crippen LogP contribution in [0, 0.1) is 0 Å². The Balaban J connectivity index is 1.62. The molecule has 1 aliphatic carbocycles. The molecule has 0 unspecified atom stereocenters. The first-order chi connectivity index (χ1) is 11.4. The molecule has 0 aliphatic heterocycles. The van der Waals surface area contributed by atoms with Gasteiger partial charge in [0, 0.05) is 12.2 Å². The highest BCUT2D eigenvalue weighted by Gasteiger charge is 2.31. The summed E-state index contributed by atoms with van der Waals surface area (Å²) in [5, 5.41) is 13.1. The Bertz CT molecular complexity index is 721. The maximum Gasteiger partial charge on any atom is 0.416 e. The largest absolute Gasteiger partial charge is 0.416 e. The lowest BCUT2D eigenvalue weighted by molar-refractivity contribution is -0.137. The van der Waals surface area contributed by atoms with Gasteiger partial charge in [0.2, 0.25) is 0 Å². The van der Waals surface area contributed by atoms with Gasteiger partial charge in [-0.05, 0) is 25.0 Å². The van der Waals surface area contributed by atoms with Crippen molar-refractivity contribution in [2.45, 2.75) is 50.9 Å². The molecule has 0 saturated heterocycles. The summed E-state index contributed by atoms with van der Waals surface area (Å²) in [4.78, 5) is 11.9. The molecule has 1 saturated carbocycles. The van der Waals surface area contributed by atoms with Crippen LogP contribution in [0.25, 0.3) is 5.65 Å². The third-order valence-corrected chi connectivity index (χ3v) is 4.16. The van der Waals surface area contributed by atoms with E-state index in [2.05, 4.69) is 20.8 Å². The smallest absolute Gasteiger partial charge is 0.335 e. The molecule has 0 aromatic carbocycles. The van der Waals surface area contributed by atoms with Gasteiger partial charge in [-0.3, -0.25) is 4.40 Å². The zero-order chi connectivity index (χ0) is 17.2. The molecule has 24 heavy (non-hydrogen) atoms. The van der Waals surface area contributed by atoms with Crippen molar-refractivity contribution in [3.8, 4) is 0 Å². The Morgan fingerprint density at radius 1 is 1.25 bits per heavy atom. The van der Waals surface area contributed by atoms with E-state index in [0.717, 1.165) is 37.8 Å². The molecule has 0 spiro atoms. The number of hydrogen-bond acceptors (Lipinski definition) is 3. The standard InChI is InChI=1S/C15H18F3N5O/c16-15(17,18)10-6-7-23-12(8-10)21-22-13(23)9-19-14(24)20-11-4-2-1-3-5-11/h6-8,11H,1-5,9H2,(H2,19,20,24). The van der Waals surface area contributed by atoms with Crippen molar-refractivity contribution in [3.63, 3.8) is 0 Å². The molecule has 3 rings (SSSR count). The lowest BCUT2D eigenvalue weighted by Crippen LogP contribution is -2.42. The average molecular weight is 341 g/mol. The molecule has 0 radical (unpaired) electrons. The third kappa shape index (κ3) is 3.77. The summed E-state index contributed by atoms with van der Waals surface area (Å²) in [6, 6.07) is 1.77. The average Bonchev–Trinajstić information content (AvgIpc) is 2.95. The maximum absolute atomic E-state index is 12.7. The molecule has 0 bridgehead atoms. The Kier molecular flexibility index (Phi) is 4.59. The Hall–Kier alpha value is -2.32. The number of fused-ring (bicyclic) bond motifs is 1. The van der Waals surface area contributed by atoms with Crippen LogP contribution >= 0.6 is 0 Å². The van der Waals surface area contributed by atoms with Gasteiger partial charge < -0.3 is 10.6 Å². The number of aromatic nitrogens is 3. The van der Waals surface area contributed by atoms with E-state index in [0.29, 0.717) is 5.82 Å². The number of carbonyl (C=O) groups is 1. The summed E-state index contributed by atoms with van der Waals surface area (Å²) in [6.45, 7) is 0.0884. The molecule has 2 N–H and O–H groups in total. The molecule has 2 aromatic heterocycles. The molecular weight excluding hydrogens is 323 g/mol. The molecule has 130 valence electrons. The van der Waals surface area contributed by atoms with Crippen LogP contribution in [0.1, 0.15) is 43.5 Å². The predicted octanol–water partition coefficient (Wildman–Crippen LogP) is 2.88. The summed E-state index contributed by atoms with van der Waals surface area (Å²) in [7, 11) is 0. The molecule has 2 heterocycles. The molecule has 9 heteroatoms. The van der Waals surface area contributed by atoms with Crippen LogP contribution < -0.4 is 10.6 Å². The molecule has 6 nitrogen and oxygen atoms in total. The summed E-state index contributed by atoms with van der Waals surface area (Å²) in [5.41, 5.74) is -0.689. The minimum Gasteiger partial charge on any atom is -0.335 e. The quantitative estimate of drug-likeness (QED) is 0.902. The highest BCUT2D eigenvalue weighted by atomic mass is 19.4.